The Morgan fingerprint density at radius 1 is 1.29 bits per heavy atom. The Bertz CT molecular complexity index is 544. The number of aryl methyl sites for hydroxylation is 1. The van der Waals surface area contributed by atoms with Crippen molar-refractivity contribution in [1.29, 1.82) is 0 Å². The molecule has 1 atom stereocenters. The summed E-state index contributed by atoms with van der Waals surface area (Å²) in [4.78, 5) is 4.53. The van der Waals surface area contributed by atoms with Gasteiger partial charge in [0.15, 0.2) is 5.82 Å². The van der Waals surface area contributed by atoms with Crippen molar-refractivity contribution in [2.45, 2.75) is 39.2 Å². The molecule has 0 spiro atoms. The van der Waals surface area contributed by atoms with E-state index in [1.165, 1.54) is 12.8 Å². The van der Waals surface area contributed by atoms with Crippen LogP contribution in [-0.4, -0.2) is 19.7 Å². The number of hydrogen-bond donors (Lipinski definition) is 0. The zero-order chi connectivity index (χ0) is 11.8. The summed E-state index contributed by atoms with van der Waals surface area (Å²) in [6, 6.07) is 6.02. The van der Waals surface area contributed by atoms with E-state index in [1.54, 1.807) is 0 Å². The van der Waals surface area contributed by atoms with Crippen molar-refractivity contribution < 1.29 is 0 Å². The third-order valence-electron chi connectivity index (χ3n) is 3.36. The Kier molecular flexibility index (Phi) is 2.42. The first-order valence-corrected chi connectivity index (χ1v) is 6.13. The molecule has 0 amide bonds. The highest BCUT2D eigenvalue weighted by molar-refractivity contribution is 5.50. The second kappa shape index (κ2) is 3.95. The normalized spacial score (nSPS) is 19.1. The van der Waals surface area contributed by atoms with E-state index >= 15 is 0 Å². The zero-order valence-electron chi connectivity index (χ0n) is 10.2. The average molecular weight is 228 g/mol. The molecule has 17 heavy (non-hydrogen) atoms. The van der Waals surface area contributed by atoms with Gasteiger partial charge in [-0.15, -0.1) is 10.2 Å². The molecule has 3 rings (SSSR count). The highest BCUT2D eigenvalue weighted by atomic mass is 15.3. The molecule has 0 saturated carbocycles. The molecule has 4 nitrogen and oxygen atoms in total. The lowest BCUT2D eigenvalue weighted by atomic mass is 10.0. The molecule has 88 valence electrons. The Labute approximate surface area is 101 Å². The van der Waals surface area contributed by atoms with Crippen LogP contribution in [0.15, 0.2) is 18.2 Å². The Balaban J connectivity index is 2.10. The van der Waals surface area contributed by atoms with Crippen molar-refractivity contribution in [2.24, 2.45) is 0 Å². The predicted octanol–water partition coefficient (Wildman–Crippen LogP) is 2.55. The topological polar surface area (TPSA) is 43.6 Å². The number of hydrogen-bond acceptors (Lipinski definition) is 3. The lowest BCUT2D eigenvalue weighted by Crippen LogP contribution is -2.15. The van der Waals surface area contributed by atoms with E-state index in [9.17, 15) is 0 Å². The Morgan fingerprint density at radius 3 is 3.00 bits per heavy atom. The number of pyridine rings is 1. The number of rotatable bonds is 1. The van der Waals surface area contributed by atoms with E-state index in [-0.39, 0.29) is 0 Å². The van der Waals surface area contributed by atoms with Gasteiger partial charge in [-0.2, -0.15) is 0 Å². The van der Waals surface area contributed by atoms with E-state index < -0.39 is 0 Å². The van der Waals surface area contributed by atoms with Crippen LogP contribution in [0.25, 0.3) is 11.5 Å². The van der Waals surface area contributed by atoms with Gasteiger partial charge in [0.2, 0.25) is 0 Å². The maximum atomic E-state index is 4.53. The van der Waals surface area contributed by atoms with Gasteiger partial charge >= 0.3 is 0 Å². The molecule has 0 aliphatic carbocycles. The summed E-state index contributed by atoms with van der Waals surface area (Å²) in [5.41, 5.74) is 1.95. The summed E-state index contributed by atoms with van der Waals surface area (Å²) in [5, 5.41) is 8.63. The van der Waals surface area contributed by atoms with Crippen molar-refractivity contribution in [1.82, 2.24) is 19.7 Å². The fourth-order valence-corrected chi connectivity index (χ4v) is 2.44. The summed E-state index contributed by atoms with van der Waals surface area (Å²) in [5.74, 6) is 2.53. The molecule has 0 fully saturated rings. The van der Waals surface area contributed by atoms with Gasteiger partial charge in [-0.05, 0) is 31.9 Å². The third kappa shape index (κ3) is 1.73. The average Bonchev–Trinajstić information content (AvgIpc) is 2.74. The first-order valence-electron chi connectivity index (χ1n) is 6.13. The molecule has 3 heterocycles. The summed E-state index contributed by atoms with van der Waals surface area (Å²) in [7, 11) is 0. The lowest BCUT2D eigenvalue weighted by Gasteiger charge is -2.20. The van der Waals surface area contributed by atoms with Gasteiger partial charge < -0.3 is 4.57 Å². The Morgan fingerprint density at radius 2 is 2.18 bits per heavy atom. The number of fused-ring (bicyclic) bond motifs is 1. The van der Waals surface area contributed by atoms with Crippen LogP contribution in [0.4, 0.5) is 0 Å². The van der Waals surface area contributed by atoms with Gasteiger partial charge in [-0.3, -0.25) is 0 Å². The largest absolute Gasteiger partial charge is 0.309 e. The second-order valence-electron chi connectivity index (χ2n) is 4.74. The molecule has 4 heteroatoms. The number of aromatic nitrogens is 4. The van der Waals surface area contributed by atoms with Gasteiger partial charge in [0.1, 0.15) is 11.5 Å². The third-order valence-corrected chi connectivity index (χ3v) is 3.36. The molecule has 0 unspecified atom stereocenters. The van der Waals surface area contributed by atoms with Crippen LogP contribution in [0, 0.1) is 6.92 Å². The fraction of sp³-hybridized carbons (Fsp3) is 0.462. The first-order chi connectivity index (χ1) is 8.25. The van der Waals surface area contributed by atoms with Gasteiger partial charge in [-0.25, -0.2) is 4.98 Å². The smallest absolute Gasteiger partial charge is 0.182 e. The maximum absolute atomic E-state index is 4.53. The first kappa shape index (κ1) is 10.4. The van der Waals surface area contributed by atoms with Gasteiger partial charge in [0.25, 0.3) is 0 Å². The van der Waals surface area contributed by atoms with Crippen molar-refractivity contribution in [2.75, 3.05) is 0 Å². The molecule has 0 bridgehead atoms. The van der Waals surface area contributed by atoms with Crippen LogP contribution >= 0.6 is 0 Å². The molecule has 0 aromatic carbocycles. The molecular formula is C13H16N4. The van der Waals surface area contributed by atoms with E-state index in [2.05, 4.69) is 26.7 Å². The standard InChI is InChI=1S/C13H16N4/c1-9-5-4-8-17-12(9)15-16-13(17)11-7-3-6-10(2)14-11/h3,6-7,9H,4-5,8H2,1-2H3/t9-/m1/s1. The van der Waals surface area contributed by atoms with Gasteiger partial charge in [-0.1, -0.05) is 13.0 Å². The minimum atomic E-state index is 0.509. The highest BCUT2D eigenvalue weighted by Crippen LogP contribution is 2.28. The quantitative estimate of drug-likeness (QED) is 0.753. The van der Waals surface area contributed by atoms with Crippen LogP contribution < -0.4 is 0 Å². The zero-order valence-corrected chi connectivity index (χ0v) is 10.2. The summed E-state index contributed by atoms with van der Waals surface area (Å²) < 4.78 is 2.22. The lowest BCUT2D eigenvalue weighted by molar-refractivity contribution is 0.466. The molecule has 0 N–H and O–H groups in total. The van der Waals surface area contributed by atoms with Crippen LogP contribution in [0.3, 0.4) is 0 Å². The monoisotopic (exact) mass is 228 g/mol. The van der Waals surface area contributed by atoms with E-state index in [4.69, 9.17) is 0 Å². The molecule has 2 aromatic rings. The second-order valence-corrected chi connectivity index (χ2v) is 4.74. The predicted molar refractivity (Wildman–Crippen MR) is 65.6 cm³/mol. The minimum absolute atomic E-state index is 0.509. The highest BCUT2D eigenvalue weighted by Gasteiger charge is 2.22. The van der Waals surface area contributed by atoms with Crippen molar-refractivity contribution >= 4 is 0 Å². The van der Waals surface area contributed by atoms with E-state index in [0.29, 0.717) is 5.92 Å². The summed E-state index contributed by atoms with van der Waals surface area (Å²) in [6.07, 6.45) is 2.41. The minimum Gasteiger partial charge on any atom is -0.309 e. The molecular weight excluding hydrogens is 212 g/mol. The van der Waals surface area contributed by atoms with Gasteiger partial charge in [0.05, 0.1) is 0 Å². The molecule has 2 aromatic heterocycles. The van der Waals surface area contributed by atoms with Crippen LogP contribution in [0.5, 0.6) is 0 Å². The van der Waals surface area contributed by atoms with E-state index in [0.717, 1.165) is 29.6 Å². The molecule has 1 aliphatic heterocycles. The Hall–Kier alpha value is -1.71. The molecule has 1 aliphatic rings. The summed E-state index contributed by atoms with van der Waals surface area (Å²) in [6.45, 7) is 5.23. The SMILES string of the molecule is Cc1cccc(-c2nnc3n2CCC[C@H]3C)n1. The van der Waals surface area contributed by atoms with Crippen molar-refractivity contribution in [3.05, 3.63) is 29.7 Å². The van der Waals surface area contributed by atoms with Crippen LogP contribution in [0.2, 0.25) is 0 Å². The fourth-order valence-electron chi connectivity index (χ4n) is 2.44. The van der Waals surface area contributed by atoms with Crippen molar-refractivity contribution in [3.63, 3.8) is 0 Å². The number of nitrogens with zero attached hydrogens (tertiary/aromatic N) is 4. The molecule has 0 saturated heterocycles. The van der Waals surface area contributed by atoms with Crippen molar-refractivity contribution in [3.8, 4) is 11.5 Å². The maximum Gasteiger partial charge on any atom is 0.182 e. The van der Waals surface area contributed by atoms with Gasteiger partial charge in [0, 0.05) is 18.2 Å². The van der Waals surface area contributed by atoms with Crippen LogP contribution in [-0.2, 0) is 6.54 Å². The summed E-state index contributed by atoms with van der Waals surface area (Å²) >= 11 is 0. The van der Waals surface area contributed by atoms with Crippen LogP contribution in [0.1, 0.15) is 37.2 Å². The molecule has 0 radical (unpaired) electrons. The van der Waals surface area contributed by atoms with E-state index in [1.807, 2.05) is 25.1 Å².